The van der Waals surface area contributed by atoms with E-state index in [4.69, 9.17) is 0 Å². The molecule has 0 aliphatic carbocycles. The predicted octanol–water partition coefficient (Wildman–Crippen LogP) is 2.75. The van der Waals surface area contributed by atoms with E-state index < -0.39 is 0 Å². The number of hydrogen-bond donors (Lipinski definition) is 1. The van der Waals surface area contributed by atoms with Crippen molar-refractivity contribution in [1.29, 1.82) is 0 Å². The van der Waals surface area contributed by atoms with Gasteiger partial charge in [0.1, 0.15) is 0 Å². The van der Waals surface area contributed by atoms with Crippen molar-refractivity contribution in [2.75, 3.05) is 40.3 Å². The summed E-state index contributed by atoms with van der Waals surface area (Å²) < 4.78 is 0. The molecule has 1 N–H and O–H groups in total. The summed E-state index contributed by atoms with van der Waals surface area (Å²) in [5, 5.41) is 3.61. The van der Waals surface area contributed by atoms with Gasteiger partial charge in [0.15, 0.2) is 0 Å². The zero-order chi connectivity index (χ0) is 15.1. The molecule has 1 unspecified atom stereocenters. The van der Waals surface area contributed by atoms with E-state index in [9.17, 15) is 0 Å². The number of likely N-dealkylation sites (tertiary alicyclic amines) is 1. The number of rotatable bonds is 7. The van der Waals surface area contributed by atoms with Crippen molar-refractivity contribution in [1.82, 2.24) is 15.1 Å². The van der Waals surface area contributed by atoms with Crippen LogP contribution in [0.2, 0.25) is 0 Å². The quantitative estimate of drug-likeness (QED) is 0.779. The maximum absolute atomic E-state index is 3.61. The van der Waals surface area contributed by atoms with Crippen LogP contribution in [-0.4, -0.2) is 56.1 Å². The van der Waals surface area contributed by atoms with Crippen molar-refractivity contribution in [3.8, 4) is 0 Å². The minimum absolute atomic E-state index is 0.515. The summed E-state index contributed by atoms with van der Waals surface area (Å²) in [6.07, 6.45) is 3.76. The molecular weight excluding hydrogens is 258 g/mol. The standard InChI is InChI=1S/C18H31N3/c1-4-12-19-15-18(16-8-6-5-7-9-16)21-13-10-17(11-14-21)20(2)3/h5-9,17-19H,4,10-15H2,1-3H3. The monoisotopic (exact) mass is 289 g/mol. The second-order valence-corrected chi connectivity index (χ2v) is 6.36. The van der Waals surface area contributed by atoms with Crippen LogP contribution < -0.4 is 5.32 Å². The van der Waals surface area contributed by atoms with Gasteiger partial charge >= 0.3 is 0 Å². The van der Waals surface area contributed by atoms with Crippen molar-refractivity contribution in [2.45, 2.75) is 38.3 Å². The summed E-state index contributed by atoms with van der Waals surface area (Å²) in [4.78, 5) is 5.04. The molecule has 1 aliphatic rings. The molecule has 1 fully saturated rings. The van der Waals surface area contributed by atoms with Crippen LogP contribution in [-0.2, 0) is 0 Å². The Labute approximate surface area is 130 Å². The van der Waals surface area contributed by atoms with Gasteiger partial charge in [0.05, 0.1) is 0 Å². The van der Waals surface area contributed by atoms with Gasteiger partial charge in [-0.15, -0.1) is 0 Å². The minimum Gasteiger partial charge on any atom is -0.315 e. The molecule has 118 valence electrons. The molecule has 0 aromatic heterocycles. The average molecular weight is 289 g/mol. The predicted molar refractivity (Wildman–Crippen MR) is 90.6 cm³/mol. The normalized spacial score (nSPS) is 19.0. The highest BCUT2D eigenvalue weighted by molar-refractivity contribution is 5.19. The molecular formula is C18H31N3. The SMILES string of the molecule is CCCNCC(c1ccccc1)N1CCC(N(C)C)CC1. The molecule has 1 aromatic rings. The van der Waals surface area contributed by atoms with Gasteiger partial charge in [0, 0.05) is 31.7 Å². The summed E-state index contributed by atoms with van der Waals surface area (Å²) in [5.41, 5.74) is 1.45. The Morgan fingerprint density at radius 2 is 1.86 bits per heavy atom. The van der Waals surface area contributed by atoms with Gasteiger partial charge in [-0.25, -0.2) is 0 Å². The van der Waals surface area contributed by atoms with E-state index in [1.165, 1.54) is 37.9 Å². The number of benzene rings is 1. The average Bonchev–Trinajstić information content (AvgIpc) is 2.53. The molecule has 1 aromatic carbocycles. The summed E-state index contributed by atoms with van der Waals surface area (Å²) in [7, 11) is 4.41. The van der Waals surface area contributed by atoms with Gasteiger partial charge in [-0.1, -0.05) is 37.3 Å². The molecule has 0 radical (unpaired) electrons. The van der Waals surface area contributed by atoms with E-state index in [0.29, 0.717) is 6.04 Å². The Morgan fingerprint density at radius 1 is 1.19 bits per heavy atom. The molecule has 1 heterocycles. The number of piperidine rings is 1. The van der Waals surface area contributed by atoms with Crippen LogP contribution in [0.5, 0.6) is 0 Å². The Hall–Kier alpha value is -0.900. The maximum Gasteiger partial charge on any atom is 0.0472 e. The molecule has 3 heteroatoms. The van der Waals surface area contributed by atoms with Crippen molar-refractivity contribution in [2.24, 2.45) is 0 Å². The van der Waals surface area contributed by atoms with Gasteiger partial charge < -0.3 is 10.2 Å². The minimum atomic E-state index is 0.515. The van der Waals surface area contributed by atoms with Crippen LogP contribution in [0.25, 0.3) is 0 Å². The zero-order valence-corrected chi connectivity index (χ0v) is 13.9. The summed E-state index contributed by atoms with van der Waals surface area (Å²) >= 11 is 0. The topological polar surface area (TPSA) is 18.5 Å². The van der Waals surface area contributed by atoms with Crippen molar-refractivity contribution in [3.05, 3.63) is 35.9 Å². The second kappa shape index (κ2) is 8.52. The smallest absolute Gasteiger partial charge is 0.0472 e. The molecule has 1 aliphatic heterocycles. The first-order valence-electron chi connectivity index (χ1n) is 8.38. The van der Waals surface area contributed by atoms with E-state index in [-0.39, 0.29) is 0 Å². The maximum atomic E-state index is 3.61. The Kier molecular flexibility index (Phi) is 6.68. The van der Waals surface area contributed by atoms with Crippen molar-refractivity contribution >= 4 is 0 Å². The Morgan fingerprint density at radius 3 is 2.43 bits per heavy atom. The molecule has 3 nitrogen and oxygen atoms in total. The fourth-order valence-corrected chi connectivity index (χ4v) is 3.26. The summed E-state index contributed by atoms with van der Waals surface area (Å²) in [6, 6.07) is 12.2. The lowest BCUT2D eigenvalue weighted by Crippen LogP contribution is -2.45. The summed E-state index contributed by atoms with van der Waals surface area (Å²) in [6.45, 7) is 6.81. The van der Waals surface area contributed by atoms with Crippen LogP contribution in [0.15, 0.2) is 30.3 Å². The highest BCUT2D eigenvalue weighted by Gasteiger charge is 2.26. The molecule has 0 saturated carbocycles. The van der Waals surface area contributed by atoms with Crippen LogP contribution in [0, 0.1) is 0 Å². The molecule has 0 amide bonds. The van der Waals surface area contributed by atoms with Gasteiger partial charge in [-0.2, -0.15) is 0 Å². The first-order valence-corrected chi connectivity index (χ1v) is 8.38. The molecule has 1 atom stereocenters. The zero-order valence-electron chi connectivity index (χ0n) is 13.9. The van der Waals surface area contributed by atoms with E-state index in [1.807, 2.05) is 0 Å². The molecule has 2 rings (SSSR count). The Balaban J connectivity index is 1.99. The number of nitrogens with one attached hydrogen (secondary N) is 1. The van der Waals surface area contributed by atoms with Crippen LogP contribution in [0.3, 0.4) is 0 Å². The number of hydrogen-bond acceptors (Lipinski definition) is 3. The van der Waals surface area contributed by atoms with Crippen LogP contribution in [0.4, 0.5) is 0 Å². The lowest BCUT2D eigenvalue weighted by Gasteiger charge is -2.40. The lowest BCUT2D eigenvalue weighted by atomic mass is 9.98. The first kappa shape index (κ1) is 16.5. The highest BCUT2D eigenvalue weighted by atomic mass is 15.2. The summed E-state index contributed by atoms with van der Waals surface area (Å²) in [5.74, 6) is 0. The fraction of sp³-hybridized carbons (Fsp3) is 0.667. The molecule has 1 saturated heterocycles. The highest BCUT2D eigenvalue weighted by Crippen LogP contribution is 2.25. The third kappa shape index (κ3) is 4.80. The van der Waals surface area contributed by atoms with Gasteiger partial charge in [-0.3, -0.25) is 4.90 Å². The van der Waals surface area contributed by atoms with Crippen molar-refractivity contribution < 1.29 is 0 Å². The van der Waals surface area contributed by atoms with E-state index in [1.54, 1.807) is 0 Å². The largest absolute Gasteiger partial charge is 0.315 e. The Bertz CT molecular complexity index is 383. The van der Waals surface area contributed by atoms with Gasteiger partial charge in [0.25, 0.3) is 0 Å². The lowest BCUT2D eigenvalue weighted by molar-refractivity contribution is 0.107. The van der Waals surface area contributed by atoms with Gasteiger partial charge in [-0.05, 0) is 45.5 Å². The van der Waals surface area contributed by atoms with Crippen molar-refractivity contribution in [3.63, 3.8) is 0 Å². The first-order chi connectivity index (χ1) is 10.2. The number of nitrogens with zero attached hydrogens (tertiary/aromatic N) is 2. The second-order valence-electron chi connectivity index (χ2n) is 6.36. The third-order valence-corrected chi connectivity index (χ3v) is 4.62. The fourth-order valence-electron chi connectivity index (χ4n) is 3.26. The van der Waals surface area contributed by atoms with E-state index in [0.717, 1.165) is 19.1 Å². The third-order valence-electron chi connectivity index (χ3n) is 4.62. The van der Waals surface area contributed by atoms with Crippen LogP contribution >= 0.6 is 0 Å². The molecule has 0 bridgehead atoms. The molecule has 21 heavy (non-hydrogen) atoms. The molecule has 0 spiro atoms. The van der Waals surface area contributed by atoms with E-state index >= 15 is 0 Å². The van der Waals surface area contributed by atoms with Gasteiger partial charge in [0.2, 0.25) is 0 Å². The van der Waals surface area contributed by atoms with E-state index in [2.05, 4.69) is 66.5 Å². The van der Waals surface area contributed by atoms with Crippen LogP contribution in [0.1, 0.15) is 37.8 Å².